The molecule has 0 bridgehead atoms. The van der Waals surface area contributed by atoms with Crippen LogP contribution in [0.4, 0.5) is 0 Å². The first-order chi connectivity index (χ1) is 66.5. The SMILES string of the molecule is CC(=O)C1CC2(C1)CC(c1nc(C)no1)C2.CC(=O)c1ccc(CN2CCC(C(=O)c3nc(C)no3)CC2)cc1.COC(=O)C1CCC(c2nc(C)no2)CC1.COC(=O)c1ccc(CN2CCC(c3nc(C)no3)CC2)cc1.Cc1noc(-c2cn3c(n2)CCCC3)n1.Cc1noc(C(=O)N2CCC(C)CC2)n1.Cc1noc(C(=O)N2CCNCC2)n1.Cc1noc(C2CCC3=C(CC=N3)C2)n1. The summed E-state index contributed by atoms with van der Waals surface area (Å²) in [5.74, 6) is 12.2. The van der Waals surface area contributed by atoms with Gasteiger partial charge in [-0.15, -0.1) is 0 Å². The summed E-state index contributed by atoms with van der Waals surface area (Å²) < 4.78 is 52.2. The van der Waals surface area contributed by atoms with Crippen LogP contribution in [0.25, 0.3) is 11.6 Å². The second-order valence-corrected chi connectivity index (χ2v) is 37.3. The molecule has 1 unspecified atom stereocenters. The number of rotatable bonds is 17. The lowest BCUT2D eigenvalue weighted by molar-refractivity contribution is -0.146. The molecule has 2 amide bonds. The minimum atomic E-state index is -0.299. The van der Waals surface area contributed by atoms with E-state index in [0.717, 1.165) is 235 Å². The number of fused-ring (bicyclic) bond motifs is 1. The molecule has 0 radical (unpaired) electrons. The van der Waals surface area contributed by atoms with Crippen molar-refractivity contribution in [3.05, 3.63) is 182 Å². The number of aliphatic imine (C=N–C) groups is 1. The third-order valence-electron chi connectivity index (χ3n) is 26.7. The van der Waals surface area contributed by atoms with E-state index in [1.807, 2.05) is 95.6 Å². The van der Waals surface area contributed by atoms with Gasteiger partial charge < -0.3 is 65.3 Å². The number of hydrogen-bond donors (Lipinski definition) is 1. The Labute approximate surface area is 799 Å². The van der Waals surface area contributed by atoms with Crippen molar-refractivity contribution < 1.29 is 79.2 Å². The molecule has 6 aliphatic heterocycles. The van der Waals surface area contributed by atoms with Crippen LogP contribution in [0.3, 0.4) is 0 Å². The number of nitrogens with one attached hydrogen (secondary N) is 1. The highest BCUT2D eigenvalue weighted by atomic mass is 16.5. The summed E-state index contributed by atoms with van der Waals surface area (Å²) in [7, 11) is 2.83. The molecule has 7 fully saturated rings. The van der Waals surface area contributed by atoms with Crippen LogP contribution in [0.2, 0.25) is 0 Å². The lowest BCUT2D eigenvalue weighted by Crippen LogP contribution is -2.48. The maximum atomic E-state index is 12.3. The standard InChI is InChI=1S/C18H21N3O3.C17H21N3O3.C12H16N2O2.C11H13N3O.C11H16N2O3.C10H12N4O.C10H15N3O2.C8H12N4O2/c1-12(22)15-5-3-14(4-6-15)11-21-9-7-16(8-10-21)17(23)18-19-13(2)20-24-18;1-12-18-16(23-19-12)14-7-9-20(10-8-14)11-13-3-5-15(6-4-13)17(21)22-2;1-7(15)9-3-12(4-9)5-10(6-12)11-13-8(2)14-16-11;1-7-13-11(15-14-7)9-2-3-10-8(6-9)4-5-12-10;1-7-12-10(16-13-7)8-3-5-9(6-4-8)11(14)15-2;1-7-11-10(15-13-7)8-6-14-5-3-2-4-9(14)12-8;1-7-3-5-13(6-4-7)10(14)9-11-8(2)12-15-9;1-6-10-7(14-11-6)8(13)12-4-2-9-3-5-12/h3-6,16H,7-11H2,1-2H3;3-6,14H,7-11H2,1-2H3;9-10H,3-6H2,1-2H3;5,9H,2-4,6H2,1H3;8-9H,3-6H2,1-2H3;6H,2-5H2,1H3;7H,3-6H2,1-2H3;9H,2-5H2,1H3. The lowest BCUT2D eigenvalue weighted by atomic mass is 9.47. The summed E-state index contributed by atoms with van der Waals surface area (Å²) in [6.45, 7) is 30.9. The number of imidazole rings is 1. The first-order valence-corrected chi connectivity index (χ1v) is 47.9. The van der Waals surface area contributed by atoms with Crippen LogP contribution in [0.5, 0.6) is 0 Å². The van der Waals surface area contributed by atoms with Gasteiger partial charge in [0.15, 0.2) is 52.4 Å². The van der Waals surface area contributed by atoms with Gasteiger partial charge in [0.1, 0.15) is 17.3 Å². The number of carbonyl (C=O) groups is 7. The van der Waals surface area contributed by atoms with Gasteiger partial charge in [-0.3, -0.25) is 43.6 Å². The van der Waals surface area contributed by atoms with Crippen molar-refractivity contribution in [2.75, 3.05) is 79.7 Å². The minimum absolute atomic E-state index is 0.0406. The molecule has 4 aliphatic carbocycles. The Morgan fingerprint density at radius 2 is 0.906 bits per heavy atom. The van der Waals surface area contributed by atoms with E-state index in [0.29, 0.717) is 118 Å². The molecular weight excluding hydrogens is 1770 g/mol. The number of piperazine rings is 1. The van der Waals surface area contributed by atoms with Crippen LogP contribution in [0.1, 0.15) is 313 Å². The number of esters is 2. The number of aromatic nitrogens is 18. The number of piperidine rings is 3. The smallest absolute Gasteiger partial charge is 0.337 e. The zero-order valence-corrected chi connectivity index (χ0v) is 81.2. The van der Waals surface area contributed by atoms with E-state index in [1.54, 1.807) is 44.4 Å². The number of benzene rings is 2. The molecule has 1 N–H and O–H groups in total. The number of Topliss-reactive ketones (excluding diaryl/α,β-unsaturated/α-hetero) is 3. The number of methoxy groups -OCH3 is 2. The van der Waals surface area contributed by atoms with E-state index in [1.165, 1.54) is 49.5 Å². The summed E-state index contributed by atoms with van der Waals surface area (Å²) in [6.07, 6.45) is 25.4. The van der Waals surface area contributed by atoms with E-state index in [9.17, 15) is 33.6 Å². The summed E-state index contributed by atoms with van der Waals surface area (Å²) in [6, 6.07) is 15.3. The summed E-state index contributed by atoms with van der Waals surface area (Å²) in [5, 5.41) is 33.1. The quantitative estimate of drug-likeness (QED) is 0.0653. The fraction of sp³-hybridized carbons (Fsp3) is 0.577. The van der Waals surface area contributed by atoms with Gasteiger partial charge in [-0.25, -0.2) is 9.78 Å². The number of allylic oxidation sites excluding steroid dienone is 2. The Kier molecular flexibility index (Phi) is 35.0. The van der Waals surface area contributed by atoms with Crippen molar-refractivity contribution in [1.82, 2.24) is 116 Å². The summed E-state index contributed by atoms with van der Waals surface area (Å²) >= 11 is 0. The average molecular weight is 1900 g/mol. The zero-order valence-electron chi connectivity index (χ0n) is 81.2. The first kappa shape index (κ1) is 101. The van der Waals surface area contributed by atoms with Crippen molar-refractivity contribution in [3.63, 3.8) is 0 Å². The number of nitrogens with zero attached hydrogens (tertiary/aromatic N) is 23. The Bertz CT molecular complexity index is 5880. The Morgan fingerprint density at radius 1 is 0.435 bits per heavy atom. The van der Waals surface area contributed by atoms with Gasteiger partial charge in [-0.05, 0) is 258 Å². The molecule has 15 heterocycles. The first-order valence-electron chi connectivity index (χ1n) is 47.9. The van der Waals surface area contributed by atoms with Crippen LogP contribution in [0, 0.1) is 84.5 Å². The number of amides is 2. The molecule has 10 aliphatic rings. The molecule has 736 valence electrons. The van der Waals surface area contributed by atoms with Crippen molar-refractivity contribution >= 4 is 47.3 Å². The predicted octanol–water partition coefficient (Wildman–Crippen LogP) is 13.9. The molecule has 1 atom stereocenters. The topological polar surface area (TPSA) is 504 Å². The second kappa shape index (κ2) is 47.8. The largest absolute Gasteiger partial charge is 0.469 e. The van der Waals surface area contributed by atoms with Crippen molar-refractivity contribution in [3.8, 4) is 11.6 Å². The van der Waals surface area contributed by atoms with Crippen LogP contribution in [-0.2, 0) is 45.1 Å². The summed E-state index contributed by atoms with van der Waals surface area (Å²) in [5.41, 5.74) is 7.68. The van der Waals surface area contributed by atoms with Gasteiger partial charge in [0.05, 0.1) is 25.7 Å². The molecule has 4 saturated heterocycles. The van der Waals surface area contributed by atoms with Crippen LogP contribution in [0.15, 0.2) is 107 Å². The third kappa shape index (κ3) is 27.7. The van der Waals surface area contributed by atoms with Crippen LogP contribution in [-0.4, -0.2) is 237 Å². The minimum Gasteiger partial charge on any atom is -0.469 e. The Hall–Kier alpha value is -13.0. The highest BCUT2D eigenvalue weighted by molar-refractivity contribution is 5.94. The van der Waals surface area contributed by atoms with E-state index in [2.05, 4.69) is 118 Å². The molecular formula is C97H126N24O17. The Morgan fingerprint density at radius 3 is 1.38 bits per heavy atom. The number of likely N-dealkylation sites (tertiary alicyclic amines) is 3. The number of hydrogen-bond acceptors (Lipinski definition) is 38. The van der Waals surface area contributed by atoms with E-state index >= 15 is 0 Å². The zero-order chi connectivity index (χ0) is 97.5. The molecule has 11 aromatic rings. The van der Waals surface area contributed by atoms with E-state index in [4.69, 9.17) is 45.7 Å². The Balaban J connectivity index is 0.000000127. The molecule has 21 rings (SSSR count). The van der Waals surface area contributed by atoms with Crippen molar-refractivity contribution in [2.24, 2.45) is 34.1 Å². The maximum Gasteiger partial charge on any atom is 0.337 e. The molecule has 9 aromatic heterocycles. The normalized spacial score (nSPS) is 20.8. The van der Waals surface area contributed by atoms with E-state index in [-0.39, 0.29) is 64.8 Å². The van der Waals surface area contributed by atoms with Crippen LogP contribution < -0.4 is 5.32 Å². The molecule has 3 saturated carbocycles. The van der Waals surface area contributed by atoms with Gasteiger partial charge in [-0.1, -0.05) is 84.6 Å². The van der Waals surface area contributed by atoms with Gasteiger partial charge in [0.25, 0.3) is 11.8 Å². The van der Waals surface area contributed by atoms with Crippen molar-refractivity contribution in [2.45, 2.75) is 254 Å². The van der Waals surface area contributed by atoms with Crippen LogP contribution >= 0.6 is 0 Å². The maximum absolute atomic E-state index is 12.3. The van der Waals surface area contributed by atoms with Gasteiger partial charge in [-0.2, -0.15) is 39.9 Å². The predicted molar refractivity (Wildman–Crippen MR) is 495 cm³/mol. The van der Waals surface area contributed by atoms with Gasteiger partial charge >= 0.3 is 35.5 Å². The van der Waals surface area contributed by atoms with Gasteiger partial charge in [0.2, 0.25) is 29.3 Å². The number of ketones is 3. The highest BCUT2D eigenvalue weighted by Gasteiger charge is 2.55. The average Bonchev–Trinajstić information content (AvgIpc) is 1.06. The molecule has 2 aromatic carbocycles. The monoisotopic (exact) mass is 1900 g/mol. The fourth-order valence-electron chi connectivity index (χ4n) is 18.8. The van der Waals surface area contributed by atoms with E-state index < -0.39 is 0 Å². The number of aryl methyl sites for hydroxylation is 10. The molecule has 138 heavy (non-hydrogen) atoms. The fourth-order valence-corrected chi connectivity index (χ4v) is 18.8. The number of carbonyl (C=O) groups excluding carboxylic acids is 7. The van der Waals surface area contributed by atoms with Gasteiger partial charge in [0, 0.05) is 131 Å². The number of ether oxygens (including phenoxy) is 2. The molecule has 1 spiro atoms. The molecule has 41 nitrogen and oxygen atoms in total. The second-order valence-electron chi connectivity index (χ2n) is 37.3. The van der Waals surface area contributed by atoms with Crippen molar-refractivity contribution in [1.29, 1.82) is 0 Å². The third-order valence-corrected chi connectivity index (χ3v) is 26.7. The summed E-state index contributed by atoms with van der Waals surface area (Å²) in [4.78, 5) is 131. The highest BCUT2D eigenvalue weighted by Crippen LogP contribution is 2.64. The lowest BCUT2D eigenvalue weighted by Gasteiger charge is -2.56. The molecule has 41 heteroatoms.